The SMILES string of the molecule is CC(C)c1cccc(C(C)C)c1N=Cc1ccc[n-]1.[CH2-]c1ccccc1.[CH2-]c1ccccc1.[CH2-]c1ccccc1.[Hf+4]. The van der Waals surface area contributed by atoms with E-state index >= 15 is 0 Å². The van der Waals surface area contributed by atoms with Crippen LogP contribution in [0.25, 0.3) is 0 Å². The molecule has 0 bridgehead atoms. The molecule has 0 saturated carbocycles. The third kappa shape index (κ3) is 14.5. The molecule has 5 rings (SSSR count). The van der Waals surface area contributed by atoms with Crippen molar-refractivity contribution in [1.82, 2.24) is 4.98 Å². The Balaban J connectivity index is 0.000000313. The summed E-state index contributed by atoms with van der Waals surface area (Å²) in [6.07, 6.45) is 3.64. The van der Waals surface area contributed by atoms with Crippen molar-refractivity contribution in [2.45, 2.75) is 39.5 Å². The van der Waals surface area contributed by atoms with E-state index in [-0.39, 0.29) is 25.8 Å². The predicted octanol–water partition coefficient (Wildman–Crippen LogP) is 10.2. The van der Waals surface area contributed by atoms with Gasteiger partial charge in [0.25, 0.3) is 0 Å². The van der Waals surface area contributed by atoms with E-state index < -0.39 is 0 Å². The van der Waals surface area contributed by atoms with Crippen molar-refractivity contribution < 1.29 is 25.8 Å². The summed E-state index contributed by atoms with van der Waals surface area (Å²) in [4.78, 5) is 8.93. The molecule has 0 unspecified atom stereocenters. The molecule has 0 saturated heterocycles. The van der Waals surface area contributed by atoms with Gasteiger partial charge in [-0.3, -0.25) is 4.99 Å². The van der Waals surface area contributed by atoms with Crippen molar-refractivity contribution in [3.8, 4) is 0 Å². The molecule has 3 heteroatoms. The predicted molar refractivity (Wildman–Crippen MR) is 174 cm³/mol. The quantitative estimate of drug-likeness (QED) is 0.104. The van der Waals surface area contributed by atoms with Gasteiger partial charge in [0.1, 0.15) is 0 Å². The fourth-order valence-electron chi connectivity index (χ4n) is 3.62. The van der Waals surface area contributed by atoms with E-state index in [1.165, 1.54) is 11.1 Å². The number of hydrogen-bond donors (Lipinski definition) is 0. The molecule has 0 aliphatic carbocycles. The molecule has 0 aliphatic rings. The maximum absolute atomic E-state index is 4.70. The first-order valence-electron chi connectivity index (χ1n) is 13.6. The van der Waals surface area contributed by atoms with E-state index in [1.807, 2.05) is 109 Å². The fourth-order valence-corrected chi connectivity index (χ4v) is 3.62. The number of benzene rings is 4. The van der Waals surface area contributed by atoms with E-state index in [0.29, 0.717) is 11.8 Å². The molecule has 2 nitrogen and oxygen atoms in total. The summed E-state index contributed by atoms with van der Waals surface area (Å²) in [5.41, 5.74) is 7.83. The zero-order valence-electron chi connectivity index (χ0n) is 24.9. The van der Waals surface area contributed by atoms with Gasteiger partial charge >= 0.3 is 25.8 Å². The first-order valence-corrected chi connectivity index (χ1v) is 13.6. The normalized spacial score (nSPS) is 9.90. The molecule has 0 radical (unpaired) electrons. The van der Waals surface area contributed by atoms with E-state index in [9.17, 15) is 0 Å². The Morgan fingerprint density at radius 2 is 0.927 bits per heavy atom. The number of para-hydroxylation sites is 1. The molecule has 208 valence electrons. The van der Waals surface area contributed by atoms with Crippen LogP contribution in [0, 0.1) is 20.8 Å². The van der Waals surface area contributed by atoms with Crippen molar-refractivity contribution in [1.29, 1.82) is 0 Å². The summed E-state index contributed by atoms with van der Waals surface area (Å²) in [6.45, 7) is 20.0. The molecule has 0 spiro atoms. The van der Waals surface area contributed by atoms with Crippen LogP contribution in [-0.2, 0) is 25.8 Å². The molecule has 0 atom stereocenters. The first-order chi connectivity index (χ1) is 19.3. The summed E-state index contributed by atoms with van der Waals surface area (Å²) in [7, 11) is 0. The Morgan fingerprint density at radius 3 is 1.20 bits per heavy atom. The Bertz CT molecular complexity index is 1230. The Labute approximate surface area is 267 Å². The minimum Gasteiger partial charge on any atom is -0.663 e. The van der Waals surface area contributed by atoms with Crippen LogP contribution in [0.3, 0.4) is 0 Å². The van der Waals surface area contributed by atoms with Crippen LogP contribution in [0.2, 0.25) is 0 Å². The molecule has 1 aromatic heterocycles. The van der Waals surface area contributed by atoms with Crippen LogP contribution in [0.15, 0.2) is 133 Å². The molecular weight excluding hydrogens is 663 g/mol. The standard InChI is InChI=1S/C17H21N2.3C7H7.Hf/c1-12(2)15-8-5-9-16(13(3)4)17(15)19-11-14-7-6-10-18-14;3*1-7-5-3-2-4-6-7;/h5-13H,1-4H3;3*2-6H,1H2;/q4*-1;+4. The van der Waals surface area contributed by atoms with Crippen molar-refractivity contribution in [2.75, 3.05) is 0 Å². The van der Waals surface area contributed by atoms with Gasteiger partial charge in [-0.1, -0.05) is 76.2 Å². The summed E-state index contributed by atoms with van der Waals surface area (Å²) in [5.74, 6) is 0.942. The number of aromatic nitrogens is 1. The summed E-state index contributed by atoms with van der Waals surface area (Å²) in [5, 5.41) is 0. The smallest absolute Gasteiger partial charge is 0.663 e. The van der Waals surface area contributed by atoms with E-state index in [1.54, 1.807) is 6.20 Å². The van der Waals surface area contributed by atoms with Gasteiger partial charge in [0.15, 0.2) is 0 Å². The van der Waals surface area contributed by atoms with E-state index in [4.69, 9.17) is 4.99 Å². The van der Waals surface area contributed by atoms with E-state index in [2.05, 4.69) is 71.6 Å². The molecule has 4 aromatic carbocycles. The van der Waals surface area contributed by atoms with Crippen molar-refractivity contribution >= 4 is 11.9 Å². The minimum absolute atomic E-state index is 0. The Morgan fingerprint density at radius 1 is 0.537 bits per heavy atom. The van der Waals surface area contributed by atoms with Gasteiger partial charge < -0.3 is 4.98 Å². The first kappa shape index (κ1) is 35.3. The van der Waals surface area contributed by atoms with E-state index in [0.717, 1.165) is 28.1 Å². The zero-order valence-corrected chi connectivity index (χ0v) is 28.5. The average Bonchev–Trinajstić information content (AvgIpc) is 3.48. The number of aliphatic imine (C=N–C) groups is 1. The maximum Gasteiger partial charge on any atom is 4.00 e. The van der Waals surface area contributed by atoms with Gasteiger partial charge in [-0.05, 0) is 23.0 Å². The largest absolute Gasteiger partial charge is 4.00 e. The Kier molecular flexibility index (Phi) is 17.4. The van der Waals surface area contributed by atoms with Gasteiger partial charge in [-0.2, -0.15) is 80.1 Å². The number of rotatable bonds is 4. The second kappa shape index (κ2) is 20.2. The van der Waals surface area contributed by atoms with Crippen LogP contribution >= 0.6 is 0 Å². The van der Waals surface area contributed by atoms with Gasteiger partial charge in [0.05, 0.1) is 5.69 Å². The topological polar surface area (TPSA) is 26.5 Å². The van der Waals surface area contributed by atoms with Gasteiger partial charge in [-0.25, -0.2) is 0 Å². The van der Waals surface area contributed by atoms with Crippen LogP contribution < -0.4 is 4.98 Å². The molecule has 0 aliphatic heterocycles. The van der Waals surface area contributed by atoms with Crippen molar-refractivity contribution in [3.63, 3.8) is 0 Å². The second-order valence-electron chi connectivity index (χ2n) is 9.87. The third-order valence-electron chi connectivity index (χ3n) is 5.77. The molecule has 0 N–H and O–H groups in total. The molecular formula is C38H42HfN2. The molecule has 5 aromatic rings. The summed E-state index contributed by atoms with van der Waals surface area (Å²) >= 11 is 0. The van der Waals surface area contributed by atoms with Gasteiger partial charge in [0, 0.05) is 6.21 Å². The molecule has 0 fully saturated rings. The molecule has 0 amide bonds. The second-order valence-corrected chi connectivity index (χ2v) is 9.87. The molecule has 1 heterocycles. The third-order valence-corrected chi connectivity index (χ3v) is 5.77. The maximum atomic E-state index is 4.70. The number of hydrogen-bond acceptors (Lipinski definition) is 1. The number of nitrogens with zero attached hydrogens (tertiary/aromatic N) is 2. The van der Waals surface area contributed by atoms with Gasteiger partial charge in [0.2, 0.25) is 0 Å². The van der Waals surface area contributed by atoms with Crippen LogP contribution in [0.5, 0.6) is 0 Å². The van der Waals surface area contributed by atoms with Crippen molar-refractivity contribution in [2.24, 2.45) is 4.99 Å². The fraction of sp³-hybridized carbons (Fsp3) is 0.158. The average molecular weight is 705 g/mol. The summed E-state index contributed by atoms with van der Waals surface area (Å²) < 4.78 is 0. The minimum atomic E-state index is 0. The van der Waals surface area contributed by atoms with Gasteiger partial charge in [-0.15, -0.1) is 42.1 Å². The zero-order chi connectivity index (χ0) is 29.2. The van der Waals surface area contributed by atoms with Crippen LogP contribution in [0.1, 0.15) is 73.0 Å². The summed E-state index contributed by atoms with van der Waals surface area (Å²) in [6, 6.07) is 40.0. The monoisotopic (exact) mass is 706 g/mol. The van der Waals surface area contributed by atoms with Crippen LogP contribution in [0.4, 0.5) is 5.69 Å². The molecule has 41 heavy (non-hydrogen) atoms. The Hall–Kier alpha value is -3.69. The van der Waals surface area contributed by atoms with Crippen LogP contribution in [-0.4, -0.2) is 6.21 Å². The van der Waals surface area contributed by atoms with Crippen molar-refractivity contribution in [3.05, 3.63) is 182 Å².